The number of imide groups is 2. The number of H-pyrrole nitrogens is 1. The first kappa shape index (κ1) is 41.0. The number of nitrogens with zero attached hydrogens (tertiary/aromatic N) is 5. The lowest BCUT2D eigenvalue weighted by Crippen LogP contribution is -2.54. The van der Waals surface area contributed by atoms with E-state index in [1.165, 1.54) is 17.3 Å². The molecule has 1 aliphatic carbocycles. The number of aromatic amines is 1. The zero-order valence-corrected chi connectivity index (χ0v) is 35.5. The predicted octanol–water partition coefficient (Wildman–Crippen LogP) is 5.24. The summed E-state index contributed by atoms with van der Waals surface area (Å²) in [6.45, 7) is 11.6. The van der Waals surface area contributed by atoms with E-state index in [9.17, 15) is 34.0 Å². The molecule has 4 aliphatic heterocycles. The normalized spacial score (nSPS) is 20.3. The van der Waals surface area contributed by atoms with Gasteiger partial charge >= 0.3 is 0 Å². The third-order valence-electron chi connectivity index (χ3n) is 13.8. The summed E-state index contributed by atoms with van der Waals surface area (Å²) in [6.07, 6.45) is 4.57. The number of ketones is 1. The number of aryl methyl sites for hydroxylation is 1. The van der Waals surface area contributed by atoms with Crippen molar-refractivity contribution in [2.45, 2.75) is 89.6 Å². The van der Waals surface area contributed by atoms with Crippen LogP contribution in [0.15, 0.2) is 48.5 Å². The molecule has 0 bridgehead atoms. The summed E-state index contributed by atoms with van der Waals surface area (Å²) in [5, 5.41) is 12.5. The minimum Gasteiger partial charge on any atom is -0.493 e. The topological polar surface area (TPSA) is 176 Å². The van der Waals surface area contributed by atoms with Crippen molar-refractivity contribution < 1.29 is 33.5 Å². The molecule has 14 nitrogen and oxygen atoms in total. The fourth-order valence-electron chi connectivity index (χ4n) is 10.3. The van der Waals surface area contributed by atoms with Gasteiger partial charge in [0.15, 0.2) is 5.78 Å². The number of unbranched alkanes of at least 4 members (excludes halogenated alkanes) is 1. The van der Waals surface area contributed by atoms with Gasteiger partial charge in [-0.05, 0) is 86.1 Å². The zero-order valence-electron chi connectivity index (χ0n) is 35.5. The summed E-state index contributed by atoms with van der Waals surface area (Å²) in [6, 6.07) is 16.3. The van der Waals surface area contributed by atoms with Crippen LogP contribution in [-0.4, -0.2) is 113 Å². The first-order valence-electron chi connectivity index (χ1n) is 21.9. The van der Waals surface area contributed by atoms with Crippen LogP contribution in [0.1, 0.15) is 125 Å². The fraction of sp³-hybridized carbons (Fsp3) is 0.438. The molecular weight excluding hydrogens is 787 g/mol. The maximum atomic E-state index is 14.1. The number of ether oxygens (including phenoxy) is 1. The number of carbonyl (C=O) groups excluding carboxylic acids is 6. The summed E-state index contributed by atoms with van der Waals surface area (Å²) in [5.41, 5.74) is 6.99. The average Bonchev–Trinajstić information content (AvgIpc) is 3.80. The molecule has 1 unspecified atom stereocenters. The molecule has 3 saturated heterocycles. The van der Waals surface area contributed by atoms with E-state index in [4.69, 9.17) is 4.74 Å². The van der Waals surface area contributed by atoms with Crippen molar-refractivity contribution >= 4 is 51.9 Å². The number of fused-ring (bicyclic) bond motifs is 5. The van der Waals surface area contributed by atoms with Gasteiger partial charge in [-0.15, -0.1) is 0 Å². The molecule has 320 valence electrons. The van der Waals surface area contributed by atoms with Crippen LogP contribution in [0.3, 0.4) is 0 Å². The van der Waals surface area contributed by atoms with E-state index in [-0.39, 0.29) is 48.0 Å². The molecule has 5 amide bonds. The molecule has 9 rings (SSSR count). The molecule has 5 heterocycles. The van der Waals surface area contributed by atoms with Gasteiger partial charge in [0.1, 0.15) is 11.8 Å². The second-order valence-corrected chi connectivity index (χ2v) is 17.6. The highest BCUT2D eigenvalue weighted by Crippen LogP contribution is 2.46. The smallest absolute Gasteiger partial charge is 0.266 e. The van der Waals surface area contributed by atoms with Crippen LogP contribution in [0.25, 0.3) is 10.9 Å². The van der Waals surface area contributed by atoms with Crippen molar-refractivity contribution in [2.75, 3.05) is 50.8 Å². The Morgan fingerprint density at radius 3 is 2.39 bits per heavy atom. The Bertz CT molecular complexity index is 2590. The van der Waals surface area contributed by atoms with Gasteiger partial charge in [0, 0.05) is 91.4 Å². The van der Waals surface area contributed by atoms with E-state index >= 15 is 0 Å². The van der Waals surface area contributed by atoms with Gasteiger partial charge in [0.05, 0.1) is 34.9 Å². The van der Waals surface area contributed by atoms with Gasteiger partial charge in [-0.25, -0.2) is 0 Å². The van der Waals surface area contributed by atoms with Crippen molar-refractivity contribution in [1.82, 2.24) is 25.0 Å². The van der Waals surface area contributed by atoms with Crippen LogP contribution in [0, 0.1) is 11.3 Å². The third kappa shape index (κ3) is 7.02. The highest BCUT2D eigenvalue weighted by molar-refractivity contribution is 6.24. The molecule has 0 radical (unpaired) electrons. The second-order valence-electron chi connectivity index (χ2n) is 17.6. The van der Waals surface area contributed by atoms with Crippen LogP contribution in [0.4, 0.5) is 5.69 Å². The Morgan fingerprint density at radius 1 is 0.887 bits per heavy atom. The van der Waals surface area contributed by atoms with E-state index in [2.05, 4.69) is 59.1 Å². The van der Waals surface area contributed by atoms with E-state index in [0.29, 0.717) is 49.5 Å². The molecule has 4 aromatic rings. The summed E-state index contributed by atoms with van der Waals surface area (Å²) in [4.78, 5) is 89.3. The molecule has 0 spiro atoms. The van der Waals surface area contributed by atoms with Crippen molar-refractivity contribution in [3.05, 3.63) is 93.2 Å². The van der Waals surface area contributed by atoms with Gasteiger partial charge in [-0.2, -0.15) is 5.26 Å². The minimum absolute atomic E-state index is 0.0314. The first-order chi connectivity index (χ1) is 29.9. The average molecular weight is 838 g/mol. The number of hydrogen-bond donors (Lipinski definition) is 2. The van der Waals surface area contributed by atoms with Gasteiger partial charge < -0.3 is 19.5 Å². The lowest BCUT2D eigenvalue weighted by molar-refractivity contribution is -0.136. The SMILES string of the molecule is CCc1cc2c(cc1N1CCC(N3CCN(C(=O)CCCCOc4cccc5c4C(=O)N(C4CCC(=O)NC4=O)C5=O)CC3)CC1)C(C)(C)c1[nH]c3cc(C#N)ccc3c1C2=O. The van der Waals surface area contributed by atoms with Crippen LogP contribution in [-0.2, 0) is 26.2 Å². The highest BCUT2D eigenvalue weighted by atomic mass is 16.5. The number of anilines is 1. The molecule has 1 atom stereocenters. The Labute approximate surface area is 360 Å². The molecular formula is C48H51N7O7. The van der Waals surface area contributed by atoms with Crippen molar-refractivity contribution in [3.63, 3.8) is 0 Å². The van der Waals surface area contributed by atoms with Gasteiger partial charge in [-0.1, -0.05) is 32.9 Å². The predicted molar refractivity (Wildman–Crippen MR) is 230 cm³/mol. The second kappa shape index (κ2) is 16.2. The Balaban J connectivity index is 0.751. The van der Waals surface area contributed by atoms with Crippen LogP contribution in [0.2, 0.25) is 0 Å². The first-order valence-corrected chi connectivity index (χ1v) is 21.9. The molecule has 1 aromatic heterocycles. The lowest BCUT2D eigenvalue weighted by atomic mass is 9.70. The van der Waals surface area contributed by atoms with Crippen LogP contribution >= 0.6 is 0 Å². The van der Waals surface area contributed by atoms with Crippen molar-refractivity contribution in [3.8, 4) is 11.8 Å². The Hall–Kier alpha value is -6.33. The van der Waals surface area contributed by atoms with Gasteiger partial charge in [0.2, 0.25) is 17.7 Å². The highest BCUT2D eigenvalue weighted by Gasteiger charge is 2.46. The Kier molecular flexibility index (Phi) is 10.7. The summed E-state index contributed by atoms with van der Waals surface area (Å²) in [7, 11) is 0. The van der Waals surface area contributed by atoms with Crippen LogP contribution in [0.5, 0.6) is 5.75 Å². The van der Waals surface area contributed by atoms with Gasteiger partial charge in [-0.3, -0.25) is 43.9 Å². The molecule has 2 N–H and O–H groups in total. The van der Waals surface area contributed by atoms with Crippen molar-refractivity contribution in [2.24, 2.45) is 0 Å². The molecule has 62 heavy (non-hydrogen) atoms. The lowest BCUT2D eigenvalue weighted by Gasteiger charge is -2.44. The Morgan fingerprint density at radius 2 is 1.66 bits per heavy atom. The number of piperidine rings is 2. The number of nitriles is 1. The quantitative estimate of drug-likeness (QED) is 0.159. The van der Waals surface area contributed by atoms with E-state index in [1.54, 1.807) is 18.2 Å². The fourth-order valence-corrected chi connectivity index (χ4v) is 10.3. The molecule has 14 heteroatoms. The number of piperazine rings is 1. The largest absolute Gasteiger partial charge is 0.493 e. The summed E-state index contributed by atoms with van der Waals surface area (Å²) in [5.74, 6) is -1.86. The molecule has 5 aliphatic rings. The summed E-state index contributed by atoms with van der Waals surface area (Å²) < 4.78 is 5.96. The number of amides is 5. The number of aromatic nitrogens is 1. The van der Waals surface area contributed by atoms with Gasteiger partial charge in [0.25, 0.3) is 11.8 Å². The molecule has 0 saturated carbocycles. The maximum Gasteiger partial charge on any atom is 0.266 e. The molecule has 3 aromatic carbocycles. The maximum absolute atomic E-state index is 14.1. The molecule has 3 fully saturated rings. The number of hydrogen-bond acceptors (Lipinski definition) is 10. The number of rotatable bonds is 10. The van der Waals surface area contributed by atoms with E-state index in [1.807, 2.05) is 17.0 Å². The van der Waals surface area contributed by atoms with Crippen molar-refractivity contribution in [1.29, 1.82) is 5.26 Å². The number of benzene rings is 3. The number of nitrogens with one attached hydrogen (secondary N) is 2. The van der Waals surface area contributed by atoms with E-state index < -0.39 is 35.1 Å². The number of carbonyl (C=O) groups is 6. The monoisotopic (exact) mass is 837 g/mol. The summed E-state index contributed by atoms with van der Waals surface area (Å²) >= 11 is 0. The standard InChI is InChI=1S/C48H51N7O7/c1-4-29-25-33-34(48(2,3)44-42(43(33)58)31-12-11-28(27-49)24-35(31)50-44)26-37(29)53-17-15-30(16-18-53)52-19-21-54(22-20-52)40(57)10-5-6-23-62-38-9-7-8-32-41(38)47(61)55(46(32)60)36-13-14-39(56)51-45(36)59/h7-9,11-12,24-26,30,36,50H,4-6,10,13-23H2,1-3H3,(H,51,56,59). The van der Waals surface area contributed by atoms with Crippen LogP contribution < -0.4 is 15.0 Å². The third-order valence-corrected chi connectivity index (χ3v) is 13.8. The zero-order chi connectivity index (χ0) is 43.4. The minimum atomic E-state index is -1.04. The van der Waals surface area contributed by atoms with E-state index in [0.717, 1.165) is 78.1 Å².